The van der Waals surface area contributed by atoms with Crippen LogP contribution in [-0.2, 0) is 9.53 Å². The van der Waals surface area contributed by atoms with Gasteiger partial charge < -0.3 is 14.5 Å². The van der Waals surface area contributed by atoms with Crippen molar-refractivity contribution in [2.75, 3.05) is 37.7 Å². The predicted molar refractivity (Wildman–Crippen MR) is 83.5 cm³/mol. The quantitative estimate of drug-likeness (QED) is 0.835. The number of hydrogen-bond donors (Lipinski definition) is 0. The van der Waals surface area contributed by atoms with E-state index in [9.17, 15) is 4.79 Å². The maximum absolute atomic E-state index is 12.4. The molecule has 0 saturated carbocycles. The SMILES string of the molecule is N#Cc1ccc(N2CCCN(C(=O)[C@H]3CCCO3)CC2)cc1. The number of benzene rings is 1. The first-order chi connectivity index (χ1) is 10.8. The molecule has 0 radical (unpaired) electrons. The van der Waals surface area contributed by atoms with Crippen LogP contribution in [0, 0.1) is 11.3 Å². The average Bonchev–Trinajstić information content (AvgIpc) is 2.99. The smallest absolute Gasteiger partial charge is 0.251 e. The van der Waals surface area contributed by atoms with E-state index in [-0.39, 0.29) is 12.0 Å². The summed E-state index contributed by atoms with van der Waals surface area (Å²) in [7, 11) is 0. The molecule has 3 rings (SSSR count). The Labute approximate surface area is 131 Å². The third kappa shape index (κ3) is 3.23. The second-order valence-corrected chi connectivity index (χ2v) is 5.83. The molecule has 0 aromatic heterocycles. The highest BCUT2D eigenvalue weighted by Gasteiger charge is 2.29. The van der Waals surface area contributed by atoms with Gasteiger partial charge in [0.25, 0.3) is 5.91 Å². The van der Waals surface area contributed by atoms with Gasteiger partial charge in [-0.1, -0.05) is 0 Å². The Morgan fingerprint density at radius 2 is 1.95 bits per heavy atom. The van der Waals surface area contributed by atoms with Crippen LogP contribution in [0.1, 0.15) is 24.8 Å². The fourth-order valence-electron chi connectivity index (χ4n) is 3.12. The summed E-state index contributed by atoms with van der Waals surface area (Å²) in [5, 5.41) is 8.86. The Morgan fingerprint density at radius 3 is 2.64 bits per heavy atom. The van der Waals surface area contributed by atoms with E-state index >= 15 is 0 Å². The lowest BCUT2D eigenvalue weighted by molar-refractivity contribution is -0.140. The molecular formula is C17H21N3O2. The number of nitriles is 1. The van der Waals surface area contributed by atoms with E-state index < -0.39 is 0 Å². The number of amides is 1. The molecule has 5 heteroatoms. The Hall–Kier alpha value is -2.06. The normalized spacial score (nSPS) is 22.2. The second kappa shape index (κ2) is 6.80. The van der Waals surface area contributed by atoms with Crippen molar-refractivity contribution in [2.24, 2.45) is 0 Å². The van der Waals surface area contributed by atoms with Crippen LogP contribution in [0.4, 0.5) is 5.69 Å². The molecule has 5 nitrogen and oxygen atoms in total. The van der Waals surface area contributed by atoms with E-state index in [1.165, 1.54) is 0 Å². The van der Waals surface area contributed by atoms with Crippen LogP contribution in [-0.4, -0.2) is 49.7 Å². The molecule has 0 aliphatic carbocycles. The third-order valence-corrected chi connectivity index (χ3v) is 4.37. The van der Waals surface area contributed by atoms with Gasteiger partial charge >= 0.3 is 0 Å². The molecule has 2 aliphatic heterocycles. The molecule has 0 N–H and O–H groups in total. The van der Waals surface area contributed by atoms with Crippen molar-refractivity contribution in [1.29, 1.82) is 5.26 Å². The van der Waals surface area contributed by atoms with Crippen LogP contribution in [0.3, 0.4) is 0 Å². The van der Waals surface area contributed by atoms with Gasteiger partial charge in [0, 0.05) is 38.5 Å². The summed E-state index contributed by atoms with van der Waals surface area (Å²) in [6.07, 6.45) is 2.58. The Kier molecular flexibility index (Phi) is 4.59. The Morgan fingerprint density at radius 1 is 1.14 bits per heavy atom. The van der Waals surface area contributed by atoms with E-state index in [0.717, 1.165) is 51.1 Å². The zero-order valence-corrected chi connectivity index (χ0v) is 12.7. The molecule has 0 unspecified atom stereocenters. The molecule has 2 fully saturated rings. The van der Waals surface area contributed by atoms with Crippen molar-refractivity contribution in [3.05, 3.63) is 29.8 Å². The van der Waals surface area contributed by atoms with Gasteiger partial charge in [-0.2, -0.15) is 5.26 Å². The Balaban J connectivity index is 1.61. The molecule has 116 valence electrons. The van der Waals surface area contributed by atoms with E-state index in [1.807, 2.05) is 29.2 Å². The summed E-state index contributed by atoms with van der Waals surface area (Å²) in [5.41, 5.74) is 1.79. The summed E-state index contributed by atoms with van der Waals surface area (Å²) < 4.78 is 5.51. The van der Waals surface area contributed by atoms with Crippen LogP contribution in [0.15, 0.2) is 24.3 Å². The van der Waals surface area contributed by atoms with Gasteiger partial charge in [-0.25, -0.2) is 0 Å². The minimum atomic E-state index is -0.221. The minimum absolute atomic E-state index is 0.152. The van der Waals surface area contributed by atoms with Gasteiger partial charge in [0.2, 0.25) is 0 Å². The molecule has 2 saturated heterocycles. The molecule has 1 atom stereocenters. The molecule has 2 heterocycles. The number of carbonyl (C=O) groups excluding carboxylic acids is 1. The molecule has 1 aromatic rings. The molecule has 0 spiro atoms. The van der Waals surface area contributed by atoms with Crippen LogP contribution in [0.2, 0.25) is 0 Å². The Bertz CT molecular complexity index is 558. The average molecular weight is 299 g/mol. The minimum Gasteiger partial charge on any atom is -0.370 e. The van der Waals surface area contributed by atoms with Crippen LogP contribution in [0.25, 0.3) is 0 Å². The maximum atomic E-state index is 12.4. The molecule has 1 amide bonds. The van der Waals surface area contributed by atoms with Crippen LogP contribution >= 0.6 is 0 Å². The lowest BCUT2D eigenvalue weighted by Crippen LogP contribution is -2.41. The van der Waals surface area contributed by atoms with Gasteiger partial charge in [-0.05, 0) is 43.5 Å². The molecule has 2 aliphatic rings. The molecular weight excluding hydrogens is 278 g/mol. The summed E-state index contributed by atoms with van der Waals surface area (Å²) in [6, 6.07) is 9.79. The monoisotopic (exact) mass is 299 g/mol. The van der Waals surface area contributed by atoms with Gasteiger partial charge in [0.15, 0.2) is 0 Å². The van der Waals surface area contributed by atoms with Crippen molar-refractivity contribution < 1.29 is 9.53 Å². The van der Waals surface area contributed by atoms with Crippen molar-refractivity contribution in [1.82, 2.24) is 4.90 Å². The first kappa shape index (κ1) is 14.9. The maximum Gasteiger partial charge on any atom is 0.251 e. The van der Waals surface area contributed by atoms with Gasteiger partial charge in [0.1, 0.15) is 6.10 Å². The fourth-order valence-corrected chi connectivity index (χ4v) is 3.12. The highest BCUT2D eigenvalue weighted by molar-refractivity contribution is 5.81. The highest BCUT2D eigenvalue weighted by atomic mass is 16.5. The van der Waals surface area contributed by atoms with Crippen molar-refractivity contribution >= 4 is 11.6 Å². The van der Waals surface area contributed by atoms with Crippen molar-refractivity contribution in [2.45, 2.75) is 25.4 Å². The summed E-state index contributed by atoms with van der Waals surface area (Å²) in [5.74, 6) is 0.152. The van der Waals surface area contributed by atoms with Crippen molar-refractivity contribution in [3.63, 3.8) is 0 Å². The largest absolute Gasteiger partial charge is 0.370 e. The molecule has 1 aromatic carbocycles. The molecule has 22 heavy (non-hydrogen) atoms. The van der Waals surface area contributed by atoms with Crippen LogP contribution < -0.4 is 4.90 Å². The summed E-state index contributed by atoms with van der Waals surface area (Å²) in [6.45, 7) is 4.00. The number of anilines is 1. The number of nitrogens with zero attached hydrogens (tertiary/aromatic N) is 3. The number of carbonyl (C=O) groups is 1. The zero-order valence-electron chi connectivity index (χ0n) is 12.7. The fraction of sp³-hybridized carbons (Fsp3) is 0.529. The first-order valence-electron chi connectivity index (χ1n) is 7.93. The van der Waals surface area contributed by atoms with Gasteiger partial charge in [0.05, 0.1) is 11.6 Å². The third-order valence-electron chi connectivity index (χ3n) is 4.37. The first-order valence-corrected chi connectivity index (χ1v) is 7.93. The van der Waals surface area contributed by atoms with Crippen molar-refractivity contribution in [3.8, 4) is 6.07 Å². The van der Waals surface area contributed by atoms with E-state index in [0.29, 0.717) is 12.2 Å². The van der Waals surface area contributed by atoms with E-state index in [2.05, 4.69) is 11.0 Å². The topological polar surface area (TPSA) is 56.6 Å². The lowest BCUT2D eigenvalue weighted by Gasteiger charge is -2.25. The highest BCUT2D eigenvalue weighted by Crippen LogP contribution is 2.19. The van der Waals surface area contributed by atoms with Gasteiger partial charge in [-0.3, -0.25) is 4.79 Å². The van der Waals surface area contributed by atoms with E-state index in [4.69, 9.17) is 10.00 Å². The summed E-state index contributed by atoms with van der Waals surface area (Å²) >= 11 is 0. The lowest BCUT2D eigenvalue weighted by atomic mass is 10.2. The van der Waals surface area contributed by atoms with Gasteiger partial charge in [-0.15, -0.1) is 0 Å². The predicted octanol–water partition coefficient (Wildman–Crippen LogP) is 1.78. The van der Waals surface area contributed by atoms with Crippen LogP contribution in [0.5, 0.6) is 0 Å². The zero-order chi connectivity index (χ0) is 15.4. The summed E-state index contributed by atoms with van der Waals surface area (Å²) in [4.78, 5) is 16.7. The number of ether oxygens (including phenoxy) is 1. The molecule has 0 bridgehead atoms. The second-order valence-electron chi connectivity index (χ2n) is 5.83. The standard InChI is InChI=1S/C17H21N3O2/c18-13-14-4-6-15(7-5-14)19-8-2-9-20(11-10-19)17(21)16-3-1-12-22-16/h4-7,16H,1-3,8-12H2/t16-/m1/s1. The van der Waals surface area contributed by atoms with E-state index in [1.54, 1.807) is 0 Å². The number of hydrogen-bond acceptors (Lipinski definition) is 4. The number of rotatable bonds is 2.